The Balaban J connectivity index is 4.89. The molecule has 0 aromatic rings. The molecule has 0 amide bonds. The minimum absolute atomic E-state index is 0.187. The van der Waals surface area contributed by atoms with Crippen molar-refractivity contribution in [3.05, 3.63) is 97.2 Å². The molecular weight excluding hydrogens is 749 g/mol. The Morgan fingerprint density at radius 1 is 0.361 bits per heavy atom. The predicted octanol–water partition coefficient (Wildman–Crippen LogP) is 16.8. The number of aliphatic hydroxyl groups is 3. The fourth-order valence-electron chi connectivity index (χ4n) is 7.63. The Morgan fingerprint density at radius 3 is 0.934 bits per heavy atom. The second-order valence-electron chi connectivity index (χ2n) is 17.4. The largest absolute Gasteiger partial charge is 0.393 e. The SMILES string of the molecule is CCCCC/C=C\C/C=C\C/C=C\CCCCCC(O)(CCCCC/C=C\C/C=C\C/C=C\CCCCC)C(O)(CO)C(=O)CCCCCCC/C=C\C/C=C\CCCCC. The van der Waals surface area contributed by atoms with Gasteiger partial charge in [0.05, 0.1) is 6.61 Å². The van der Waals surface area contributed by atoms with Gasteiger partial charge in [0.25, 0.3) is 0 Å². The molecule has 0 fully saturated rings. The van der Waals surface area contributed by atoms with Gasteiger partial charge in [0, 0.05) is 6.42 Å². The summed E-state index contributed by atoms with van der Waals surface area (Å²) in [5, 5.41) is 34.3. The highest BCUT2D eigenvalue weighted by Gasteiger charge is 2.52. The van der Waals surface area contributed by atoms with Crippen molar-refractivity contribution in [2.75, 3.05) is 6.61 Å². The zero-order valence-corrected chi connectivity index (χ0v) is 40.2. The molecule has 0 aliphatic rings. The zero-order chi connectivity index (χ0) is 44.6. The second kappa shape index (κ2) is 45.5. The number of allylic oxidation sites excluding steroid dienone is 16. The number of aliphatic hydroxyl groups excluding tert-OH is 1. The van der Waals surface area contributed by atoms with Crippen molar-refractivity contribution in [1.29, 1.82) is 0 Å². The third-order valence-electron chi connectivity index (χ3n) is 11.8. The van der Waals surface area contributed by atoms with Crippen LogP contribution >= 0.6 is 0 Å². The lowest BCUT2D eigenvalue weighted by atomic mass is 9.72. The molecule has 0 aromatic heterocycles. The van der Waals surface area contributed by atoms with Crippen LogP contribution in [0.5, 0.6) is 0 Å². The third-order valence-corrected chi connectivity index (χ3v) is 11.8. The topological polar surface area (TPSA) is 77.8 Å². The molecule has 0 radical (unpaired) electrons. The number of unbranched alkanes of at least 4 members (excludes halogenated alkanes) is 20. The number of hydrogen-bond acceptors (Lipinski definition) is 4. The lowest BCUT2D eigenvalue weighted by Gasteiger charge is -2.42. The molecule has 0 aromatic carbocycles. The van der Waals surface area contributed by atoms with Crippen LogP contribution in [-0.2, 0) is 4.79 Å². The van der Waals surface area contributed by atoms with Crippen LogP contribution in [-0.4, -0.2) is 38.9 Å². The van der Waals surface area contributed by atoms with Gasteiger partial charge in [0.1, 0.15) is 5.60 Å². The molecule has 0 bridgehead atoms. The summed E-state index contributed by atoms with van der Waals surface area (Å²) in [6, 6.07) is 0. The van der Waals surface area contributed by atoms with Gasteiger partial charge in [-0.3, -0.25) is 4.79 Å². The molecule has 0 saturated heterocycles. The Labute approximate surface area is 378 Å². The molecule has 0 saturated carbocycles. The average Bonchev–Trinajstić information content (AvgIpc) is 3.26. The first kappa shape index (κ1) is 58.5. The summed E-state index contributed by atoms with van der Waals surface area (Å²) >= 11 is 0. The van der Waals surface area contributed by atoms with Gasteiger partial charge in [-0.25, -0.2) is 0 Å². The molecule has 0 aliphatic heterocycles. The lowest BCUT2D eigenvalue weighted by Crippen LogP contribution is -2.61. The first-order chi connectivity index (χ1) is 29.9. The monoisotopic (exact) mass is 847 g/mol. The van der Waals surface area contributed by atoms with E-state index in [2.05, 4.69) is 118 Å². The number of carbonyl (C=O) groups is 1. The number of ketones is 1. The van der Waals surface area contributed by atoms with Crippen LogP contribution in [0.1, 0.15) is 239 Å². The van der Waals surface area contributed by atoms with E-state index in [1.54, 1.807) is 0 Å². The summed E-state index contributed by atoms with van der Waals surface area (Å²) in [7, 11) is 0. The summed E-state index contributed by atoms with van der Waals surface area (Å²) < 4.78 is 0. The van der Waals surface area contributed by atoms with Crippen LogP contribution in [0.15, 0.2) is 97.2 Å². The Kier molecular flexibility index (Phi) is 43.6. The molecule has 0 heterocycles. The molecule has 4 heteroatoms. The molecule has 350 valence electrons. The Morgan fingerprint density at radius 2 is 0.623 bits per heavy atom. The van der Waals surface area contributed by atoms with Gasteiger partial charge in [-0.2, -0.15) is 0 Å². The average molecular weight is 847 g/mol. The standard InChI is InChI=1S/C57H98O4/c1-4-7-10-13-16-19-22-25-28-31-34-37-40-43-46-49-52-56(60,53-50-47-44-41-38-35-32-29-26-23-20-17-14-11-8-5-2)57(61,54-58)55(59)51-48-45-42-39-36-33-30-27-24-21-18-15-12-9-6-3/h16-21,25-30,34-35,37-38,58,60-61H,4-15,22-24,31-33,36,39-54H2,1-3H3/b19-16-,20-17-,21-18-,28-25-,29-26-,30-27-,37-34-,38-35-. The molecular formula is C57H98O4. The quantitative estimate of drug-likeness (QED) is 0.0421. The van der Waals surface area contributed by atoms with Crippen LogP contribution in [0.3, 0.4) is 0 Å². The lowest BCUT2D eigenvalue weighted by molar-refractivity contribution is -0.190. The van der Waals surface area contributed by atoms with Gasteiger partial charge in [-0.15, -0.1) is 0 Å². The smallest absolute Gasteiger partial charge is 0.174 e. The van der Waals surface area contributed by atoms with E-state index >= 15 is 0 Å². The molecule has 61 heavy (non-hydrogen) atoms. The fourth-order valence-corrected chi connectivity index (χ4v) is 7.63. The predicted molar refractivity (Wildman–Crippen MR) is 269 cm³/mol. The van der Waals surface area contributed by atoms with Crippen LogP contribution in [0.4, 0.5) is 0 Å². The van der Waals surface area contributed by atoms with Crippen molar-refractivity contribution in [2.24, 2.45) is 0 Å². The molecule has 0 rings (SSSR count). The maximum atomic E-state index is 13.6. The highest BCUT2D eigenvalue weighted by atomic mass is 16.4. The van der Waals surface area contributed by atoms with Crippen molar-refractivity contribution in [3.8, 4) is 0 Å². The van der Waals surface area contributed by atoms with Crippen molar-refractivity contribution < 1.29 is 20.1 Å². The summed E-state index contributed by atoms with van der Waals surface area (Å²) in [6.07, 6.45) is 69.9. The fraction of sp³-hybridized carbons (Fsp3) is 0.702. The molecule has 0 aliphatic carbocycles. The van der Waals surface area contributed by atoms with Gasteiger partial charge in [-0.05, 0) is 128 Å². The minimum atomic E-state index is -2.13. The zero-order valence-electron chi connectivity index (χ0n) is 40.2. The first-order valence-electron chi connectivity index (χ1n) is 25.7. The summed E-state index contributed by atoms with van der Waals surface area (Å²) in [4.78, 5) is 13.6. The first-order valence-corrected chi connectivity index (χ1v) is 25.7. The van der Waals surface area contributed by atoms with E-state index in [9.17, 15) is 20.1 Å². The molecule has 3 N–H and O–H groups in total. The summed E-state index contributed by atoms with van der Waals surface area (Å²) in [5.41, 5.74) is -3.76. The second-order valence-corrected chi connectivity index (χ2v) is 17.4. The van der Waals surface area contributed by atoms with Crippen molar-refractivity contribution >= 4 is 5.78 Å². The summed E-state index contributed by atoms with van der Waals surface area (Å²) in [6.45, 7) is 5.98. The van der Waals surface area contributed by atoms with Gasteiger partial charge in [0.15, 0.2) is 11.4 Å². The molecule has 0 spiro atoms. The Bertz CT molecular complexity index is 1150. The normalized spacial score (nSPS) is 14.1. The van der Waals surface area contributed by atoms with Gasteiger partial charge in [-0.1, -0.05) is 201 Å². The van der Waals surface area contributed by atoms with Crippen LogP contribution < -0.4 is 0 Å². The maximum absolute atomic E-state index is 13.6. The number of Topliss-reactive ketones (excluding diaryl/α,β-unsaturated/α-hetero) is 1. The maximum Gasteiger partial charge on any atom is 0.174 e. The van der Waals surface area contributed by atoms with Crippen LogP contribution in [0.2, 0.25) is 0 Å². The van der Waals surface area contributed by atoms with Gasteiger partial charge in [0.2, 0.25) is 0 Å². The van der Waals surface area contributed by atoms with E-state index in [4.69, 9.17) is 0 Å². The van der Waals surface area contributed by atoms with Gasteiger partial charge >= 0.3 is 0 Å². The van der Waals surface area contributed by atoms with Crippen molar-refractivity contribution in [2.45, 2.75) is 250 Å². The molecule has 1 atom stereocenters. The Hall–Kier alpha value is -2.53. The highest BCUT2D eigenvalue weighted by molar-refractivity contribution is 5.88. The van der Waals surface area contributed by atoms with Crippen LogP contribution in [0.25, 0.3) is 0 Å². The van der Waals surface area contributed by atoms with Crippen LogP contribution in [0, 0.1) is 0 Å². The van der Waals surface area contributed by atoms with E-state index in [0.29, 0.717) is 32.1 Å². The number of rotatable bonds is 45. The third kappa shape index (κ3) is 35.6. The molecule has 1 unspecified atom stereocenters. The van der Waals surface area contributed by atoms with E-state index < -0.39 is 23.6 Å². The van der Waals surface area contributed by atoms with Crippen molar-refractivity contribution in [1.82, 2.24) is 0 Å². The molecule has 4 nitrogen and oxygen atoms in total. The van der Waals surface area contributed by atoms with Crippen molar-refractivity contribution in [3.63, 3.8) is 0 Å². The van der Waals surface area contributed by atoms with E-state index in [-0.39, 0.29) is 6.42 Å². The van der Waals surface area contributed by atoms with E-state index in [1.165, 1.54) is 77.0 Å². The minimum Gasteiger partial charge on any atom is -0.393 e. The number of hydrogen-bond donors (Lipinski definition) is 3. The van der Waals surface area contributed by atoms with E-state index in [1.807, 2.05) is 0 Å². The number of carbonyl (C=O) groups excluding carboxylic acids is 1. The highest BCUT2D eigenvalue weighted by Crippen LogP contribution is 2.35. The van der Waals surface area contributed by atoms with Gasteiger partial charge < -0.3 is 15.3 Å². The van der Waals surface area contributed by atoms with E-state index in [0.717, 1.165) is 103 Å². The summed E-state index contributed by atoms with van der Waals surface area (Å²) in [5.74, 6) is -0.408.